The number of hydrogen-bond donors (Lipinski definition) is 1. The zero-order valence-electron chi connectivity index (χ0n) is 15.7. The van der Waals surface area contributed by atoms with E-state index >= 15 is 0 Å². The van der Waals surface area contributed by atoms with E-state index in [1.54, 1.807) is 25.4 Å². The molecule has 1 N–H and O–H groups in total. The van der Waals surface area contributed by atoms with E-state index in [9.17, 15) is 4.79 Å². The number of carbonyl (C=O) groups is 1. The van der Waals surface area contributed by atoms with Crippen LogP contribution in [0.5, 0.6) is 11.5 Å². The second-order valence-electron chi connectivity index (χ2n) is 5.96. The Morgan fingerprint density at radius 2 is 2.00 bits per heavy atom. The van der Waals surface area contributed by atoms with Crippen LogP contribution in [0.3, 0.4) is 0 Å². The molecule has 142 valence electrons. The number of para-hydroxylation sites is 2. The number of nitrogens with one attached hydrogen (secondary N) is 1. The quantitative estimate of drug-likeness (QED) is 0.659. The molecule has 0 aliphatic rings. The summed E-state index contributed by atoms with van der Waals surface area (Å²) in [7, 11) is 1.59. The molecule has 7 nitrogen and oxygen atoms in total. The van der Waals surface area contributed by atoms with E-state index < -0.39 is 0 Å². The van der Waals surface area contributed by atoms with E-state index in [0.29, 0.717) is 23.8 Å². The smallest absolute Gasteiger partial charge is 0.287 e. The molecule has 0 saturated carbocycles. The molecule has 0 saturated heterocycles. The lowest BCUT2D eigenvalue weighted by atomic mass is 10.2. The number of rotatable bonds is 8. The maximum absolute atomic E-state index is 12.3. The fraction of sp³-hybridized carbons (Fsp3) is 0.300. The molecule has 0 unspecified atom stereocenters. The highest BCUT2D eigenvalue weighted by Crippen LogP contribution is 2.26. The van der Waals surface area contributed by atoms with Gasteiger partial charge in [0.2, 0.25) is 0 Å². The van der Waals surface area contributed by atoms with Crippen molar-refractivity contribution in [2.75, 3.05) is 7.11 Å². The summed E-state index contributed by atoms with van der Waals surface area (Å²) in [6.07, 6.45) is 1.77. The molecule has 0 aliphatic heterocycles. The monoisotopic (exact) mass is 369 g/mol. The standard InChI is InChI=1S/C20H23N3O4/c1-4-23-14(2)15(12-22-23)11-21-20(24)19-10-9-16(27-19)13-26-18-8-6-5-7-17(18)25-3/h5-10,12H,4,11,13H2,1-3H3,(H,21,24). The summed E-state index contributed by atoms with van der Waals surface area (Å²) in [6.45, 7) is 5.42. The zero-order chi connectivity index (χ0) is 19.2. The van der Waals surface area contributed by atoms with Gasteiger partial charge in [0.15, 0.2) is 17.3 Å². The van der Waals surface area contributed by atoms with Crippen LogP contribution >= 0.6 is 0 Å². The van der Waals surface area contributed by atoms with E-state index in [-0.39, 0.29) is 18.3 Å². The molecular formula is C20H23N3O4. The Morgan fingerprint density at radius 3 is 2.70 bits per heavy atom. The Morgan fingerprint density at radius 1 is 1.22 bits per heavy atom. The summed E-state index contributed by atoms with van der Waals surface area (Å²) < 4.78 is 18.4. The molecule has 1 aromatic carbocycles. The van der Waals surface area contributed by atoms with Crippen molar-refractivity contribution >= 4 is 5.91 Å². The summed E-state index contributed by atoms with van der Waals surface area (Å²) in [6, 6.07) is 10.7. The number of aryl methyl sites for hydroxylation is 1. The molecule has 0 radical (unpaired) electrons. The van der Waals surface area contributed by atoms with Crippen LogP contribution in [-0.4, -0.2) is 22.8 Å². The highest BCUT2D eigenvalue weighted by Gasteiger charge is 2.13. The number of benzene rings is 1. The Bertz CT molecular complexity index is 914. The van der Waals surface area contributed by atoms with Gasteiger partial charge in [-0.15, -0.1) is 0 Å². The molecule has 2 heterocycles. The van der Waals surface area contributed by atoms with Crippen molar-refractivity contribution in [3.63, 3.8) is 0 Å². The van der Waals surface area contributed by atoms with Crippen molar-refractivity contribution in [1.29, 1.82) is 0 Å². The maximum Gasteiger partial charge on any atom is 0.287 e. The fourth-order valence-corrected chi connectivity index (χ4v) is 2.70. The van der Waals surface area contributed by atoms with Crippen LogP contribution in [-0.2, 0) is 19.7 Å². The Hall–Kier alpha value is -3.22. The molecule has 27 heavy (non-hydrogen) atoms. The van der Waals surface area contributed by atoms with Gasteiger partial charge in [-0.1, -0.05) is 12.1 Å². The summed E-state index contributed by atoms with van der Waals surface area (Å²) in [5.74, 6) is 1.79. The molecule has 3 rings (SSSR count). The first-order valence-electron chi connectivity index (χ1n) is 8.76. The lowest BCUT2D eigenvalue weighted by Gasteiger charge is -2.08. The average molecular weight is 369 g/mol. The molecule has 0 atom stereocenters. The summed E-state index contributed by atoms with van der Waals surface area (Å²) >= 11 is 0. The molecule has 7 heteroatoms. The molecule has 3 aromatic rings. The number of carbonyl (C=O) groups excluding carboxylic acids is 1. The van der Waals surface area contributed by atoms with E-state index in [2.05, 4.69) is 10.4 Å². The zero-order valence-corrected chi connectivity index (χ0v) is 15.7. The van der Waals surface area contributed by atoms with Crippen LogP contribution in [0.4, 0.5) is 0 Å². The van der Waals surface area contributed by atoms with Crippen molar-refractivity contribution in [1.82, 2.24) is 15.1 Å². The third kappa shape index (κ3) is 4.31. The van der Waals surface area contributed by atoms with E-state index in [0.717, 1.165) is 17.8 Å². The van der Waals surface area contributed by atoms with Gasteiger partial charge < -0.3 is 19.2 Å². The van der Waals surface area contributed by atoms with Crippen LogP contribution < -0.4 is 14.8 Å². The minimum atomic E-state index is -0.276. The molecule has 0 spiro atoms. The van der Waals surface area contributed by atoms with Crippen molar-refractivity contribution in [3.8, 4) is 11.5 Å². The van der Waals surface area contributed by atoms with E-state index in [1.807, 2.05) is 42.8 Å². The van der Waals surface area contributed by atoms with Crippen molar-refractivity contribution in [3.05, 3.63) is 65.4 Å². The number of nitrogens with zero attached hydrogens (tertiary/aromatic N) is 2. The lowest BCUT2D eigenvalue weighted by Crippen LogP contribution is -2.22. The Kier molecular flexibility index (Phi) is 5.80. The summed E-state index contributed by atoms with van der Waals surface area (Å²) in [4.78, 5) is 12.3. The number of ether oxygens (including phenoxy) is 2. The fourth-order valence-electron chi connectivity index (χ4n) is 2.70. The van der Waals surface area contributed by atoms with Gasteiger partial charge in [0.1, 0.15) is 12.4 Å². The third-order valence-corrected chi connectivity index (χ3v) is 4.27. The van der Waals surface area contributed by atoms with Gasteiger partial charge in [-0.25, -0.2) is 0 Å². The molecule has 2 aromatic heterocycles. The van der Waals surface area contributed by atoms with Gasteiger partial charge in [-0.05, 0) is 38.1 Å². The lowest BCUT2D eigenvalue weighted by molar-refractivity contribution is 0.0919. The SMILES string of the molecule is CCn1ncc(CNC(=O)c2ccc(COc3ccccc3OC)o2)c1C. The number of amides is 1. The number of furan rings is 1. The van der Waals surface area contributed by atoms with Gasteiger partial charge in [0, 0.05) is 24.3 Å². The van der Waals surface area contributed by atoms with Crippen LogP contribution in [0, 0.1) is 6.92 Å². The first-order chi connectivity index (χ1) is 13.1. The minimum absolute atomic E-state index is 0.204. The number of hydrogen-bond acceptors (Lipinski definition) is 5. The van der Waals surface area contributed by atoms with Gasteiger partial charge in [-0.3, -0.25) is 9.48 Å². The molecular weight excluding hydrogens is 346 g/mol. The van der Waals surface area contributed by atoms with Crippen molar-refractivity contribution in [2.45, 2.75) is 33.5 Å². The predicted molar refractivity (Wildman–Crippen MR) is 99.8 cm³/mol. The Balaban J connectivity index is 1.56. The molecule has 1 amide bonds. The van der Waals surface area contributed by atoms with Crippen molar-refractivity contribution < 1.29 is 18.7 Å². The highest BCUT2D eigenvalue weighted by molar-refractivity contribution is 5.91. The number of aromatic nitrogens is 2. The summed E-state index contributed by atoms with van der Waals surface area (Å²) in [5, 5.41) is 7.12. The van der Waals surface area contributed by atoms with Crippen LogP contribution in [0.15, 0.2) is 47.0 Å². The van der Waals surface area contributed by atoms with Gasteiger partial charge in [0.25, 0.3) is 5.91 Å². The second kappa shape index (κ2) is 8.44. The molecule has 0 fully saturated rings. The highest BCUT2D eigenvalue weighted by atomic mass is 16.5. The average Bonchev–Trinajstić information content (AvgIpc) is 3.31. The summed E-state index contributed by atoms with van der Waals surface area (Å²) in [5.41, 5.74) is 2.03. The molecule has 0 aliphatic carbocycles. The van der Waals surface area contributed by atoms with Crippen molar-refractivity contribution in [2.24, 2.45) is 0 Å². The van der Waals surface area contributed by atoms with Crippen LogP contribution in [0.2, 0.25) is 0 Å². The first-order valence-corrected chi connectivity index (χ1v) is 8.76. The number of methoxy groups -OCH3 is 1. The second-order valence-corrected chi connectivity index (χ2v) is 5.96. The topological polar surface area (TPSA) is 78.5 Å². The molecule has 0 bridgehead atoms. The van der Waals surface area contributed by atoms with Gasteiger partial charge in [0.05, 0.1) is 13.3 Å². The third-order valence-electron chi connectivity index (χ3n) is 4.27. The minimum Gasteiger partial charge on any atom is -0.493 e. The largest absolute Gasteiger partial charge is 0.493 e. The maximum atomic E-state index is 12.3. The van der Waals surface area contributed by atoms with Crippen LogP contribution in [0.25, 0.3) is 0 Å². The predicted octanol–water partition coefficient (Wildman–Crippen LogP) is 3.32. The first kappa shape index (κ1) is 18.6. The Labute approximate surface area is 157 Å². The van der Waals surface area contributed by atoms with Gasteiger partial charge >= 0.3 is 0 Å². The van der Waals surface area contributed by atoms with Crippen LogP contribution in [0.1, 0.15) is 34.5 Å². The van der Waals surface area contributed by atoms with E-state index in [1.165, 1.54) is 0 Å². The van der Waals surface area contributed by atoms with E-state index in [4.69, 9.17) is 13.9 Å². The van der Waals surface area contributed by atoms with Gasteiger partial charge in [-0.2, -0.15) is 5.10 Å². The normalized spacial score (nSPS) is 10.6.